The van der Waals surface area contributed by atoms with Crippen LogP contribution in [0.3, 0.4) is 0 Å². The van der Waals surface area contributed by atoms with Crippen molar-refractivity contribution < 1.29 is 28.7 Å². The Morgan fingerprint density at radius 2 is 1.68 bits per heavy atom. The summed E-state index contributed by atoms with van der Waals surface area (Å²) in [6.45, 7) is 5.49. The molecule has 0 aliphatic heterocycles. The molecule has 144 valence electrons. The third-order valence-electron chi connectivity index (χ3n) is 3.29. The van der Waals surface area contributed by atoms with Crippen molar-refractivity contribution in [2.75, 3.05) is 20.8 Å². The highest BCUT2D eigenvalue weighted by molar-refractivity contribution is 5.89. The zero-order chi connectivity index (χ0) is 19.6. The Balaban J connectivity index is 4.71. The van der Waals surface area contributed by atoms with E-state index in [4.69, 9.17) is 5.73 Å². The molecule has 9 nitrogen and oxygen atoms in total. The standard InChI is InChI=1S/C16H29N3O6/c1-16(2,3)8-11(14(22)18-9-13(21)24-4)19-12(20)7-6-10(17)15(23)25-5/h10-11H,6-9,17H2,1-5H3,(H,18,22)(H,19,20). The Morgan fingerprint density at radius 1 is 1.08 bits per heavy atom. The van der Waals surface area contributed by atoms with Crippen LogP contribution in [-0.4, -0.2) is 56.6 Å². The quantitative estimate of drug-likeness (QED) is 0.471. The Bertz CT molecular complexity index is 487. The molecule has 0 aliphatic rings. The average molecular weight is 359 g/mol. The molecule has 0 heterocycles. The Morgan fingerprint density at radius 3 is 2.16 bits per heavy atom. The van der Waals surface area contributed by atoms with Crippen molar-refractivity contribution in [2.45, 2.75) is 52.1 Å². The van der Waals surface area contributed by atoms with Crippen LogP contribution in [-0.2, 0) is 28.7 Å². The fraction of sp³-hybridized carbons (Fsp3) is 0.750. The van der Waals surface area contributed by atoms with Gasteiger partial charge in [-0.2, -0.15) is 0 Å². The van der Waals surface area contributed by atoms with Gasteiger partial charge in [0, 0.05) is 6.42 Å². The van der Waals surface area contributed by atoms with E-state index in [-0.39, 0.29) is 24.8 Å². The third-order valence-corrected chi connectivity index (χ3v) is 3.29. The summed E-state index contributed by atoms with van der Waals surface area (Å²) in [6, 6.07) is -1.71. The Kier molecular flexibility index (Phi) is 9.73. The molecule has 0 fully saturated rings. The molecule has 0 saturated heterocycles. The first kappa shape index (κ1) is 22.8. The molecule has 25 heavy (non-hydrogen) atoms. The molecule has 0 bridgehead atoms. The lowest BCUT2D eigenvalue weighted by Gasteiger charge is -2.26. The summed E-state index contributed by atoms with van der Waals surface area (Å²) in [6.07, 6.45) is 0.445. The van der Waals surface area contributed by atoms with Crippen LogP contribution in [0.2, 0.25) is 0 Å². The van der Waals surface area contributed by atoms with Crippen LogP contribution in [0.25, 0.3) is 0 Å². The Labute approximate surface area is 148 Å². The molecule has 2 amide bonds. The van der Waals surface area contributed by atoms with Crippen LogP contribution in [0.4, 0.5) is 0 Å². The van der Waals surface area contributed by atoms with Crippen LogP contribution in [0, 0.1) is 5.41 Å². The van der Waals surface area contributed by atoms with Crippen LogP contribution < -0.4 is 16.4 Å². The maximum atomic E-state index is 12.2. The van der Waals surface area contributed by atoms with Crippen molar-refractivity contribution >= 4 is 23.8 Å². The van der Waals surface area contributed by atoms with Crippen LogP contribution >= 0.6 is 0 Å². The van der Waals surface area contributed by atoms with Gasteiger partial charge in [-0.05, 0) is 18.3 Å². The van der Waals surface area contributed by atoms with Gasteiger partial charge in [-0.1, -0.05) is 20.8 Å². The molecule has 2 unspecified atom stereocenters. The van der Waals surface area contributed by atoms with Gasteiger partial charge in [-0.3, -0.25) is 19.2 Å². The lowest BCUT2D eigenvalue weighted by atomic mass is 9.87. The van der Waals surface area contributed by atoms with E-state index >= 15 is 0 Å². The molecular weight excluding hydrogens is 330 g/mol. The largest absolute Gasteiger partial charge is 0.468 e. The minimum absolute atomic E-state index is 0.0266. The molecule has 0 radical (unpaired) electrons. The van der Waals surface area contributed by atoms with Gasteiger partial charge < -0.3 is 25.8 Å². The summed E-state index contributed by atoms with van der Waals surface area (Å²) >= 11 is 0. The summed E-state index contributed by atoms with van der Waals surface area (Å²) < 4.78 is 8.95. The lowest BCUT2D eigenvalue weighted by Crippen LogP contribution is -2.49. The molecule has 0 saturated carbocycles. The maximum Gasteiger partial charge on any atom is 0.325 e. The van der Waals surface area contributed by atoms with Gasteiger partial charge in [-0.25, -0.2) is 0 Å². The van der Waals surface area contributed by atoms with E-state index in [0.29, 0.717) is 6.42 Å². The Hall–Kier alpha value is -2.16. The number of nitrogens with two attached hydrogens (primary N) is 1. The second-order valence-corrected chi connectivity index (χ2v) is 6.85. The molecule has 9 heteroatoms. The zero-order valence-corrected chi connectivity index (χ0v) is 15.5. The molecule has 0 aromatic heterocycles. The maximum absolute atomic E-state index is 12.2. The highest BCUT2D eigenvalue weighted by atomic mass is 16.5. The fourth-order valence-corrected chi connectivity index (χ4v) is 2.00. The lowest BCUT2D eigenvalue weighted by molar-refractivity contribution is -0.142. The van der Waals surface area contributed by atoms with Crippen molar-refractivity contribution in [1.82, 2.24) is 10.6 Å². The van der Waals surface area contributed by atoms with Gasteiger partial charge in [0.05, 0.1) is 14.2 Å². The number of hydrogen-bond acceptors (Lipinski definition) is 7. The number of carbonyl (C=O) groups is 4. The molecule has 4 N–H and O–H groups in total. The van der Waals surface area contributed by atoms with E-state index in [1.807, 2.05) is 20.8 Å². The molecule has 0 aliphatic carbocycles. The summed E-state index contributed by atoms with van der Waals surface area (Å²) in [5.41, 5.74) is 5.35. The van der Waals surface area contributed by atoms with E-state index in [2.05, 4.69) is 20.1 Å². The van der Waals surface area contributed by atoms with Crippen molar-refractivity contribution in [3.8, 4) is 0 Å². The second-order valence-electron chi connectivity index (χ2n) is 6.85. The summed E-state index contributed by atoms with van der Waals surface area (Å²) in [7, 11) is 2.43. The van der Waals surface area contributed by atoms with Gasteiger partial charge >= 0.3 is 11.9 Å². The highest BCUT2D eigenvalue weighted by Crippen LogP contribution is 2.21. The monoisotopic (exact) mass is 359 g/mol. The number of amides is 2. The minimum Gasteiger partial charge on any atom is -0.468 e. The van der Waals surface area contributed by atoms with Gasteiger partial charge in [0.15, 0.2) is 0 Å². The zero-order valence-electron chi connectivity index (χ0n) is 15.5. The van der Waals surface area contributed by atoms with Crippen molar-refractivity contribution in [3.63, 3.8) is 0 Å². The first-order chi connectivity index (χ1) is 11.5. The van der Waals surface area contributed by atoms with Gasteiger partial charge in [-0.15, -0.1) is 0 Å². The van der Waals surface area contributed by atoms with Crippen LogP contribution in [0.15, 0.2) is 0 Å². The summed E-state index contributed by atoms with van der Waals surface area (Å²) in [5, 5.41) is 5.04. The van der Waals surface area contributed by atoms with Gasteiger partial charge in [0.1, 0.15) is 18.6 Å². The third kappa shape index (κ3) is 10.3. The number of esters is 2. The molecule has 2 atom stereocenters. The average Bonchev–Trinajstić information content (AvgIpc) is 2.54. The number of nitrogens with one attached hydrogen (secondary N) is 2. The predicted octanol–water partition coefficient (Wildman–Crippen LogP) is -0.523. The number of ether oxygens (including phenoxy) is 2. The van der Waals surface area contributed by atoms with E-state index in [0.717, 1.165) is 0 Å². The van der Waals surface area contributed by atoms with Crippen molar-refractivity contribution in [2.24, 2.45) is 11.1 Å². The summed E-state index contributed by atoms with van der Waals surface area (Å²) in [4.78, 5) is 46.7. The van der Waals surface area contributed by atoms with Crippen molar-refractivity contribution in [1.29, 1.82) is 0 Å². The second kappa shape index (κ2) is 10.7. The smallest absolute Gasteiger partial charge is 0.325 e. The van der Waals surface area contributed by atoms with E-state index in [9.17, 15) is 19.2 Å². The number of methoxy groups -OCH3 is 2. The van der Waals surface area contributed by atoms with Crippen molar-refractivity contribution in [3.05, 3.63) is 0 Å². The first-order valence-corrected chi connectivity index (χ1v) is 7.97. The van der Waals surface area contributed by atoms with Gasteiger partial charge in [0.2, 0.25) is 11.8 Å². The van der Waals surface area contributed by atoms with E-state index < -0.39 is 35.8 Å². The number of hydrogen-bond donors (Lipinski definition) is 3. The normalized spacial score (nSPS) is 13.4. The van der Waals surface area contributed by atoms with Gasteiger partial charge in [0.25, 0.3) is 0 Å². The van der Waals surface area contributed by atoms with E-state index in [1.165, 1.54) is 14.2 Å². The minimum atomic E-state index is -0.898. The molecule has 0 rings (SSSR count). The van der Waals surface area contributed by atoms with Crippen LogP contribution in [0.1, 0.15) is 40.0 Å². The topological polar surface area (TPSA) is 137 Å². The molecule has 0 aromatic rings. The highest BCUT2D eigenvalue weighted by Gasteiger charge is 2.27. The summed E-state index contributed by atoms with van der Waals surface area (Å²) in [5.74, 6) is -2.08. The van der Waals surface area contributed by atoms with E-state index in [1.54, 1.807) is 0 Å². The first-order valence-electron chi connectivity index (χ1n) is 7.97. The SMILES string of the molecule is COC(=O)CNC(=O)C(CC(C)(C)C)NC(=O)CCC(N)C(=O)OC. The molecule has 0 spiro atoms. The molecular formula is C16H29N3O6. The predicted molar refractivity (Wildman–Crippen MR) is 90.3 cm³/mol. The van der Waals surface area contributed by atoms with Crippen LogP contribution in [0.5, 0.6) is 0 Å². The fourth-order valence-electron chi connectivity index (χ4n) is 2.00. The number of carbonyl (C=O) groups excluding carboxylic acids is 4. The molecule has 0 aromatic carbocycles. The number of rotatable bonds is 9.